The summed E-state index contributed by atoms with van der Waals surface area (Å²) in [7, 11) is 1.99. The molecule has 0 spiro atoms. The van der Waals surface area contributed by atoms with Crippen molar-refractivity contribution in [1.82, 2.24) is 15.1 Å². The first-order valence-corrected chi connectivity index (χ1v) is 7.56. The van der Waals surface area contributed by atoms with Crippen molar-refractivity contribution in [1.29, 1.82) is 0 Å². The molecule has 1 saturated carbocycles. The van der Waals surface area contributed by atoms with Crippen molar-refractivity contribution in [3.8, 4) is 0 Å². The predicted molar refractivity (Wildman–Crippen MR) is 81.5 cm³/mol. The fraction of sp³-hybridized carbons (Fsp3) is 0.471. The highest BCUT2D eigenvalue weighted by molar-refractivity contribution is 5.29. The van der Waals surface area contributed by atoms with Gasteiger partial charge in [-0.25, -0.2) is 0 Å². The van der Waals surface area contributed by atoms with Crippen LogP contribution in [0.1, 0.15) is 42.9 Å². The van der Waals surface area contributed by atoms with Gasteiger partial charge >= 0.3 is 0 Å². The molecule has 2 aromatic rings. The molecule has 1 aromatic carbocycles. The van der Waals surface area contributed by atoms with Crippen LogP contribution in [0.3, 0.4) is 0 Å². The van der Waals surface area contributed by atoms with Gasteiger partial charge < -0.3 is 5.32 Å². The third-order valence-electron chi connectivity index (χ3n) is 4.19. The summed E-state index contributed by atoms with van der Waals surface area (Å²) in [6, 6.07) is 11.3. The van der Waals surface area contributed by atoms with E-state index in [2.05, 4.69) is 53.9 Å². The van der Waals surface area contributed by atoms with Crippen LogP contribution < -0.4 is 5.32 Å². The monoisotopic (exact) mass is 269 g/mol. The summed E-state index contributed by atoms with van der Waals surface area (Å²) in [4.78, 5) is 0. The molecule has 1 aliphatic carbocycles. The Morgan fingerprint density at radius 2 is 2.15 bits per heavy atom. The molecule has 106 valence electrons. The second kappa shape index (κ2) is 5.80. The van der Waals surface area contributed by atoms with Crippen LogP contribution in [-0.2, 0) is 7.05 Å². The van der Waals surface area contributed by atoms with Crippen LogP contribution in [0, 0.1) is 5.92 Å². The van der Waals surface area contributed by atoms with Gasteiger partial charge in [0.2, 0.25) is 0 Å². The maximum atomic E-state index is 4.33. The molecule has 20 heavy (non-hydrogen) atoms. The molecule has 1 heterocycles. The molecule has 0 aliphatic heterocycles. The van der Waals surface area contributed by atoms with E-state index in [1.807, 2.05) is 17.9 Å². The van der Waals surface area contributed by atoms with Crippen molar-refractivity contribution in [3.05, 3.63) is 53.9 Å². The largest absolute Gasteiger partial charge is 0.310 e. The molecule has 1 fully saturated rings. The van der Waals surface area contributed by atoms with Crippen LogP contribution in [0.25, 0.3) is 0 Å². The minimum Gasteiger partial charge on any atom is -0.310 e. The Morgan fingerprint density at radius 3 is 2.80 bits per heavy atom. The molecule has 3 heteroatoms. The van der Waals surface area contributed by atoms with Gasteiger partial charge in [0, 0.05) is 24.8 Å². The lowest BCUT2D eigenvalue weighted by Gasteiger charge is -2.17. The molecule has 3 nitrogen and oxygen atoms in total. The number of aromatic nitrogens is 2. The topological polar surface area (TPSA) is 29.9 Å². The summed E-state index contributed by atoms with van der Waals surface area (Å²) in [5.74, 6) is 1.40. The van der Waals surface area contributed by atoms with E-state index in [-0.39, 0.29) is 0 Å². The number of nitrogens with zero attached hydrogens (tertiary/aromatic N) is 2. The number of rotatable bonds is 6. The van der Waals surface area contributed by atoms with Crippen molar-refractivity contribution in [2.24, 2.45) is 13.0 Å². The zero-order valence-electron chi connectivity index (χ0n) is 12.3. The first-order chi connectivity index (χ1) is 9.79. The lowest BCUT2D eigenvalue weighted by molar-refractivity contribution is 0.473. The van der Waals surface area contributed by atoms with Gasteiger partial charge in [-0.1, -0.05) is 37.3 Å². The standard InChI is InChI=1S/C17H23N3/c1-3-9-18-17(14-11-19-20(2)12-14)16-10-15(16)13-7-5-4-6-8-13/h4-8,11-12,15-18H,3,9-10H2,1-2H3. The van der Waals surface area contributed by atoms with Crippen molar-refractivity contribution in [2.75, 3.05) is 6.54 Å². The normalized spacial score (nSPS) is 22.7. The fourth-order valence-electron chi connectivity index (χ4n) is 3.08. The molecule has 1 aliphatic rings. The number of nitrogens with one attached hydrogen (secondary N) is 1. The van der Waals surface area contributed by atoms with Crippen LogP contribution in [0.4, 0.5) is 0 Å². The van der Waals surface area contributed by atoms with Gasteiger partial charge in [0.15, 0.2) is 0 Å². The van der Waals surface area contributed by atoms with Crippen LogP contribution in [0.5, 0.6) is 0 Å². The minimum absolute atomic E-state index is 0.439. The highest BCUT2D eigenvalue weighted by atomic mass is 15.2. The third-order valence-corrected chi connectivity index (χ3v) is 4.19. The van der Waals surface area contributed by atoms with Crippen molar-refractivity contribution in [3.63, 3.8) is 0 Å². The lowest BCUT2D eigenvalue weighted by atomic mass is 10.0. The number of hydrogen-bond acceptors (Lipinski definition) is 2. The molecule has 3 atom stereocenters. The fourth-order valence-corrected chi connectivity index (χ4v) is 3.08. The second-order valence-electron chi connectivity index (χ2n) is 5.80. The van der Waals surface area contributed by atoms with E-state index in [1.165, 1.54) is 24.0 Å². The molecule has 3 unspecified atom stereocenters. The van der Waals surface area contributed by atoms with Gasteiger partial charge in [-0.15, -0.1) is 0 Å². The van der Waals surface area contributed by atoms with Crippen molar-refractivity contribution >= 4 is 0 Å². The lowest BCUT2D eigenvalue weighted by Crippen LogP contribution is -2.24. The van der Waals surface area contributed by atoms with Gasteiger partial charge in [0.05, 0.1) is 6.20 Å². The Labute approximate surface area is 121 Å². The molecule has 1 N–H and O–H groups in total. The highest BCUT2D eigenvalue weighted by Gasteiger charge is 2.44. The summed E-state index contributed by atoms with van der Waals surface area (Å²) in [6.07, 6.45) is 6.60. The van der Waals surface area contributed by atoms with E-state index in [0.29, 0.717) is 17.9 Å². The predicted octanol–water partition coefficient (Wildman–Crippen LogP) is 3.26. The first-order valence-electron chi connectivity index (χ1n) is 7.56. The SMILES string of the molecule is CCCNC(c1cnn(C)c1)C1CC1c1ccccc1. The van der Waals surface area contributed by atoms with E-state index in [4.69, 9.17) is 0 Å². The zero-order valence-corrected chi connectivity index (χ0v) is 12.3. The van der Waals surface area contributed by atoms with E-state index < -0.39 is 0 Å². The van der Waals surface area contributed by atoms with E-state index in [1.54, 1.807) is 0 Å². The highest BCUT2D eigenvalue weighted by Crippen LogP contribution is 2.53. The molecular weight excluding hydrogens is 246 g/mol. The maximum absolute atomic E-state index is 4.33. The van der Waals surface area contributed by atoms with Crippen molar-refractivity contribution < 1.29 is 0 Å². The van der Waals surface area contributed by atoms with Crippen molar-refractivity contribution in [2.45, 2.75) is 31.7 Å². The van der Waals surface area contributed by atoms with Crippen LogP contribution in [0.15, 0.2) is 42.7 Å². The van der Waals surface area contributed by atoms with E-state index in [9.17, 15) is 0 Å². The average molecular weight is 269 g/mol. The zero-order chi connectivity index (χ0) is 13.9. The van der Waals surface area contributed by atoms with Gasteiger partial charge in [0.25, 0.3) is 0 Å². The Kier molecular flexibility index (Phi) is 3.88. The summed E-state index contributed by atoms with van der Waals surface area (Å²) in [5, 5.41) is 8.04. The molecular formula is C17H23N3. The Hall–Kier alpha value is -1.61. The Balaban J connectivity index is 1.74. The maximum Gasteiger partial charge on any atom is 0.0537 e. The molecule has 0 saturated heterocycles. The average Bonchev–Trinajstić information content (AvgIpc) is 3.15. The first kappa shape index (κ1) is 13.4. The van der Waals surface area contributed by atoms with Crippen LogP contribution in [-0.4, -0.2) is 16.3 Å². The van der Waals surface area contributed by atoms with Gasteiger partial charge in [-0.05, 0) is 36.8 Å². The quantitative estimate of drug-likeness (QED) is 0.872. The van der Waals surface area contributed by atoms with E-state index in [0.717, 1.165) is 6.54 Å². The Morgan fingerprint density at radius 1 is 1.35 bits per heavy atom. The number of aryl methyl sites for hydroxylation is 1. The Bertz CT molecular complexity index is 546. The van der Waals surface area contributed by atoms with Crippen LogP contribution >= 0.6 is 0 Å². The molecule has 0 amide bonds. The summed E-state index contributed by atoms with van der Waals surface area (Å²) in [6.45, 7) is 3.28. The molecule has 0 bridgehead atoms. The smallest absolute Gasteiger partial charge is 0.0537 e. The van der Waals surface area contributed by atoms with Gasteiger partial charge in [0.1, 0.15) is 0 Å². The van der Waals surface area contributed by atoms with Crippen LogP contribution in [0.2, 0.25) is 0 Å². The molecule has 3 rings (SSSR count). The summed E-state index contributed by atoms with van der Waals surface area (Å²) >= 11 is 0. The van der Waals surface area contributed by atoms with Gasteiger partial charge in [-0.3, -0.25) is 4.68 Å². The summed E-state index contributed by atoms with van der Waals surface area (Å²) < 4.78 is 1.90. The third kappa shape index (κ3) is 2.78. The minimum atomic E-state index is 0.439. The number of benzene rings is 1. The van der Waals surface area contributed by atoms with Gasteiger partial charge in [-0.2, -0.15) is 5.10 Å². The molecule has 0 radical (unpaired) electrons. The molecule has 1 aromatic heterocycles. The number of hydrogen-bond donors (Lipinski definition) is 1. The second-order valence-corrected chi connectivity index (χ2v) is 5.80. The van der Waals surface area contributed by atoms with E-state index >= 15 is 0 Å². The summed E-state index contributed by atoms with van der Waals surface area (Å²) in [5.41, 5.74) is 2.80.